The molecule has 1 N–H and O–H groups in total. The number of carbonyl (C=O) groups excluding carboxylic acids is 1. The van der Waals surface area contributed by atoms with Crippen LogP contribution in [0.2, 0.25) is 0 Å². The molecular formula is C18H16N2O3S. The summed E-state index contributed by atoms with van der Waals surface area (Å²) in [5.74, 6) is 1.12. The second kappa shape index (κ2) is 7.14. The van der Waals surface area contributed by atoms with Crippen LogP contribution < -0.4 is 14.8 Å². The van der Waals surface area contributed by atoms with Crippen LogP contribution in [0.3, 0.4) is 0 Å². The molecule has 1 aromatic heterocycles. The number of methoxy groups -OCH3 is 2. The van der Waals surface area contributed by atoms with Crippen molar-refractivity contribution < 1.29 is 14.3 Å². The number of hydrogen-bond donors (Lipinski definition) is 1. The van der Waals surface area contributed by atoms with Crippen LogP contribution >= 0.6 is 11.3 Å². The predicted octanol–water partition coefficient (Wildman–Crippen LogP) is 4.08. The molecule has 24 heavy (non-hydrogen) atoms. The van der Waals surface area contributed by atoms with Crippen molar-refractivity contribution in [2.75, 3.05) is 19.5 Å². The van der Waals surface area contributed by atoms with Gasteiger partial charge in [0.1, 0.15) is 22.2 Å². The van der Waals surface area contributed by atoms with Gasteiger partial charge in [-0.1, -0.05) is 12.1 Å². The minimum absolute atomic E-state index is 0.268. The highest BCUT2D eigenvalue weighted by atomic mass is 32.1. The maximum Gasteiger partial charge on any atom is 0.275 e. The van der Waals surface area contributed by atoms with Gasteiger partial charge in [-0.05, 0) is 36.4 Å². The molecule has 2 aromatic carbocycles. The summed E-state index contributed by atoms with van der Waals surface area (Å²) in [6, 6.07) is 14.8. The Hall–Kier alpha value is -2.86. The van der Waals surface area contributed by atoms with Gasteiger partial charge in [0.25, 0.3) is 5.91 Å². The van der Waals surface area contributed by atoms with Crippen molar-refractivity contribution in [3.63, 3.8) is 0 Å². The number of para-hydroxylation sites is 2. The minimum atomic E-state index is -0.268. The van der Waals surface area contributed by atoms with Gasteiger partial charge >= 0.3 is 0 Å². The number of carbonyl (C=O) groups is 1. The Balaban J connectivity index is 1.78. The molecule has 0 atom stereocenters. The van der Waals surface area contributed by atoms with Crippen molar-refractivity contribution in [1.82, 2.24) is 4.98 Å². The molecule has 1 amide bonds. The van der Waals surface area contributed by atoms with E-state index in [-0.39, 0.29) is 5.91 Å². The molecule has 0 bridgehead atoms. The number of thiazole rings is 1. The molecule has 3 aromatic rings. The molecular weight excluding hydrogens is 324 g/mol. The third-order valence-electron chi connectivity index (χ3n) is 3.43. The lowest BCUT2D eigenvalue weighted by atomic mass is 10.2. The molecule has 6 heteroatoms. The highest BCUT2D eigenvalue weighted by molar-refractivity contribution is 7.13. The van der Waals surface area contributed by atoms with Gasteiger partial charge in [-0.15, -0.1) is 11.3 Å². The maximum atomic E-state index is 12.4. The molecule has 0 aliphatic heterocycles. The number of hydrogen-bond acceptors (Lipinski definition) is 5. The number of anilines is 1. The molecule has 0 radical (unpaired) electrons. The molecule has 0 aliphatic rings. The predicted molar refractivity (Wildman–Crippen MR) is 95.0 cm³/mol. The Bertz CT molecular complexity index is 843. The van der Waals surface area contributed by atoms with E-state index in [9.17, 15) is 4.79 Å². The number of nitrogens with one attached hydrogen (secondary N) is 1. The third-order valence-corrected chi connectivity index (χ3v) is 4.32. The Morgan fingerprint density at radius 2 is 1.79 bits per heavy atom. The number of benzene rings is 2. The molecule has 0 saturated carbocycles. The lowest BCUT2D eigenvalue weighted by Crippen LogP contribution is -2.13. The quantitative estimate of drug-likeness (QED) is 0.760. The van der Waals surface area contributed by atoms with Gasteiger partial charge in [-0.25, -0.2) is 4.98 Å². The number of ether oxygens (including phenoxy) is 2. The summed E-state index contributed by atoms with van der Waals surface area (Å²) in [6.45, 7) is 0. The Morgan fingerprint density at radius 3 is 2.50 bits per heavy atom. The smallest absolute Gasteiger partial charge is 0.275 e. The van der Waals surface area contributed by atoms with Gasteiger partial charge in [0.05, 0.1) is 19.9 Å². The second-order valence-electron chi connectivity index (χ2n) is 4.92. The van der Waals surface area contributed by atoms with E-state index < -0.39 is 0 Å². The highest BCUT2D eigenvalue weighted by Gasteiger charge is 2.14. The van der Waals surface area contributed by atoms with Crippen LogP contribution in [0, 0.1) is 0 Å². The van der Waals surface area contributed by atoms with E-state index in [1.54, 1.807) is 31.7 Å². The van der Waals surface area contributed by atoms with Crippen molar-refractivity contribution in [2.24, 2.45) is 0 Å². The summed E-state index contributed by atoms with van der Waals surface area (Å²) in [4.78, 5) is 16.8. The fraction of sp³-hybridized carbons (Fsp3) is 0.111. The first kappa shape index (κ1) is 16.0. The van der Waals surface area contributed by atoms with Crippen LogP contribution in [0.25, 0.3) is 10.6 Å². The van der Waals surface area contributed by atoms with Crippen molar-refractivity contribution >= 4 is 22.9 Å². The zero-order chi connectivity index (χ0) is 16.9. The summed E-state index contributed by atoms with van der Waals surface area (Å²) in [5, 5.41) is 5.34. The average molecular weight is 340 g/mol. The molecule has 0 unspecified atom stereocenters. The standard InChI is InChI=1S/C18H16N2O3S/c1-22-13-9-7-12(8-10-13)18-20-15(11-24-18)17(21)19-14-5-3-4-6-16(14)23-2/h3-11H,1-2H3,(H,19,21). The highest BCUT2D eigenvalue weighted by Crippen LogP contribution is 2.27. The van der Waals surface area contributed by atoms with E-state index >= 15 is 0 Å². The number of rotatable bonds is 5. The number of nitrogens with zero attached hydrogens (tertiary/aromatic N) is 1. The van der Waals surface area contributed by atoms with E-state index in [1.165, 1.54) is 11.3 Å². The van der Waals surface area contributed by atoms with E-state index in [2.05, 4.69) is 10.3 Å². The molecule has 0 fully saturated rings. The summed E-state index contributed by atoms with van der Waals surface area (Å²) in [6.07, 6.45) is 0. The first-order valence-electron chi connectivity index (χ1n) is 7.25. The topological polar surface area (TPSA) is 60.5 Å². The normalized spacial score (nSPS) is 10.2. The third kappa shape index (κ3) is 3.38. The molecule has 0 spiro atoms. The second-order valence-corrected chi connectivity index (χ2v) is 5.78. The van der Waals surface area contributed by atoms with Crippen LogP contribution in [-0.4, -0.2) is 25.1 Å². The van der Waals surface area contributed by atoms with Crippen molar-refractivity contribution in [1.29, 1.82) is 0 Å². The van der Waals surface area contributed by atoms with Gasteiger partial charge in [0.2, 0.25) is 0 Å². The zero-order valence-electron chi connectivity index (χ0n) is 13.3. The van der Waals surface area contributed by atoms with E-state index in [1.807, 2.05) is 36.4 Å². The maximum absolute atomic E-state index is 12.4. The van der Waals surface area contributed by atoms with Crippen LogP contribution in [-0.2, 0) is 0 Å². The molecule has 0 saturated heterocycles. The Labute approximate surface area is 143 Å². The van der Waals surface area contributed by atoms with Gasteiger partial charge in [0.15, 0.2) is 0 Å². The first-order chi connectivity index (χ1) is 11.7. The molecule has 5 nitrogen and oxygen atoms in total. The fourth-order valence-corrected chi connectivity index (χ4v) is 2.98. The largest absolute Gasteiger partial charge is 0.497 e. The van der Waals surface area contributed by atoms with E-state index in [0.29, 0.717) is 17.1 Å². The monoisotopic (exact) mass is 340 g/mol. The average Bonchev–Trinajstić information content (AvgIpc) is 3.12. The first-order valence-corrected chi connectivity index (χ1v) is 8.13. The molecule has 0 aliphatic carbocycles. The van der Waals surface area contributed by atoms with Crippen LogP contribution in [0.5, 0.6) is 11.5 Å². The fourth-order valence-electron chi connectivity index (χ4n) is 2.18. The zero-order valence-corrected chi connectivity index (χ0v) is 14.1. The van der Waals surface area contributed by atoms with Gasteiger partial charge in [0, 0.05) is 10.9 Å². The van der Waals surface area contributed by atoms with Crippen molar-refractivity contribution in [3.05, 3.63) is 59.6 Å². The van der Waals surface area contributed by atoms with E-state index in [4.69, 9.17) is 9.47 Å². The lowest BCUT2D eigenvalue weighted by Gasteiger charge is -2.08. The molecule has 122 valence electrons. The summed E-state index contributed by atoms with van der Waals surface area (Å²) in [7, 11) is 3.19. The Kier molecular flexibility index (Phi) is 4.77. The number of aromatic nitrogens is 1. The number of amides is 1. The van der Waals surface area contributed by atoms with Gasteiger partial charge in [-0.3, -0.25) is 4.79 Å². The Morgan fingerprint density at radius 1 is 1.04 bits per heavy atom. The van der Waals surface area contributed by atoms with Crippen LogP contribution in [0.15, 0.2) is 53.9 Å². The van der Waals surface area contributed by atoms with Gasteiger partial charge < -0.3 is 14.8 Å². The van der Waals surface area contributed by atoms with E-state index in [0.717, 1.165) is 16.3 Å². The van der Waals surface area contributed by atoms with Crippen LogP contribution in [0.4, 0.5) is 5.69 Å². The summed E-state index contributed by atoms with van der Waals surface area (Å²) in [5.41, 5.74) is 1.93. The molecule has 1 heterocycles. The summed E-state index contributed by atoms with van der Waals surface area (Å²) >= 11 is 1.42. The SMILES string of the molecule is COc1ccc(-c2nc(C(=O)Nc3ccccc3OC)cs2)cc1. The lowest BCUT2D eigenvalue weighted by molar-refractivity contribution is 0.102. The minimum Gasteiger partial charge on any atom is -0.497 e. The van der Waals surface area contributed by atoms with Crippen molar-refractivity contribution in [3.8, 4) is 22.1 Å². The van der Waals surface area contributed by atoms with Crippen molar-refractivity contribution in [2.45, 2.75) is 0 Å². The molecule has 3 rings (SSSR count). The van der Waals surface area contributed by atoms with Crippen LogP contribution in [0.1, 0.15) is 10.5 Å². The summed E-state index contributed by atoms with van der Waals surface area (Å²) < 4.78 is 10.4. The van der Waals surface area contributed by atoms with Gasteiger partial charge in [-0.2, -0.15) is 0 Å².